The Bertz CT molecular complexity index is 501. The number of aromatic nitrogens is 4. The lowest BCUT2D eigenvalue weighted by Gasteiger charge is -2.04. The molecular formula is C9H11ClN6. The molecule has 0 amide bonds. The van der Waals surface area contributed by atoms with Crippen LogP contribution in [0.5, 0.6) is 0 Å². The van der Waals surface area contributed by atoms with E-state index in [9.17, 15) is 0 Å². The summed E-state index contributed by atoms with van der Waals surface area (Å²) in [6, 6.07) is 1.69. The first kappa shape index (κ1) is 10.8. The van der Waals surface area contributed by atoms with Gasteiger partial charge in [0.1, 0.15) is 11.6 Å². The van der Waals surface area contributed by atoms with Gasteiger partial charge in [-0.2, -0.15) is 5.10 Å². The van der Waals surface area contributed by atoms with Crippen molar-refractivity contribution in [3.05, 3.63) is 28.8 Å². The third kappa shape index (κ3) is 1.98. The predicted octanol–water partition coefficient (Wildman–Crippen LogP) is 1.22. The van der Waals surface area contributed by atoms with Crippen molar-refractivity contribution in [3.8, 4) is 5.82 Å². The van der Waals surface area contributed by atoms with Gasteiger partial charge >= 0.3 is 0 Å². The first-order valence-electron chi connectivity index (χ1n) is 4.64. The van der Waals surface area contributed by atoms with Crippen LogP contribution in [0, 0.1) is 13.8 Å². The molecule has 0 aromatic carbocycles. The third-order valence-corrected chi connectivity index (χ3v) is 2.42. The molecule has 2 aromatic heterocycles. The summed E-state index contributed by atoms with van der Waals surface area (Å²) in [7, 11) is 0. The first-order valence-corrected chi connectivity index (χ1v) is 5.02. The summed E-state index contributed by atoms with van der Waals surface area (Å²) in [5, 5.41) is 4.82. The van der Waals surface area contributed by atoms with Crippen LogP contribution in [0.3, 0.4) is 0 Å². The number of aryl methyl sites for hydroxylation is 2. The van der Waals surface area contributed by atoms with Crippen LogP contribution in [0.25, 0.3) is 5.82 Å². The molecule has 3 N–H and O–H groups in total. The van der Waals surface area contributed by atoms with Gasteiger partial charge in [-0.1, -0.05) is 11.6 Å². The fourth-order valence-corrected chi connectivity index (χ4v) is 1.43. The molecule has 84 valence electrons. The summed E-state index contributed by atoms with van der Waals surface area (Å²) in [4.78, 5) is 8.33. The summed E-state index contributed by atoms with van der Waals surface area (Å²) in [5.41, 5.74) is 3.22. The third-order valence-electron chi connectivity index (χ3n) is 2.05. The second kappa shape index (κ2) is 4.07. The number of rotatable bonds is 2. The number of anilines is 1. The largest absolute Gasteiger partial charge is 0.308 e. The second-order valence-corrected chi connectivity index (χ2v) is 3.72. The molecule has 6 nitrogen and oxygen atoms in total. The van der Waals surface area contributed by atoms with Crippen LogP contribution in [0.15, 0.2) is 12.3 Å². The Morgan fingerprint density at radius 1 is 1.38 bits per heavy atom. The molecule has 0 aliphatic carbocycles. The van der Waals surface area contributed by atoms with Crippen LogP contribution >= 0.6 is 11.6 Å². The number of nitrogens with two attached hydrogens (primary N) is 1. The SMILES string of the molecule is Cc1nc(NN)cc(-n2cc(Cl)c(C)n2)n1. The van der Waals surface area contributed by atoms with Crippen LogP contribution < -0.4 is 11.3 Å². The van der Waals surface area contributed by atoms with E-state index in [2.05, 4.69) is 20.5 Å². The van der Waals surface area contributed by atoms with Gasteiger partial charge in [-0.3, -0.25) is 0 Å². The first-order chi connectivity index (χ1) is 7.60. The number of hydrazine groups is 1. The molecule has 2 aromatic rings. The highest BCUT2D eigenvalue weighted by molar-refractivity contribution is 6.31. The van der Waals surface area contributed by atoms with Crippen molar-refractivity contribution in [1.29, 1.82) is 0 Å². The summed E-state index contributed by atoms with van der Waals surface area (Å²) >= 11 is 5.93. The molecule has 16 heavy (non-hydrogen) atoms. The zero-order chi connectivity index (χ0) is 11.7. The molecule has 0 bridgehead atoms. The molecule has 2 heterocycles. The van der Waals surface area contributed by atoms with Gasteiger partial charge in [0.05, 0.1) is 16.9 Å². The van der Waals surface area contributed by atoms with Crippen LogP contribution in [-0.4, -0.2) is 19.7 Å². The monoisotopic (exact) mass is 238 g/mol. The van der Waals surface area contributed by atoms with E-state index in [1.807, 2.05) is 6.92 Å². The van der Waals surface area contributed by atoms with Crippen LogP contribution in [0.4, 0.5) is 5.82 Å². The van der Waals surface area contributed by atoms with E-state index in [0.29, 0.717) is 22.5 Å². The summed E-state index contributed by atoms with van der Waals surface area (Å²) in [5.74, 6) is 7.07. The molecule has 0 radical (unpaired) electrons. The highest BCUT2D eigenvalue weighted by atomic mass is 35.5. The molecule has 0 saturated heterocycles. The van der Waals surface area contributed by atoms with Crippen molar-refractivity contribution < 1.29 is 0 Å². The Morgan fingerprint density at radius 3 is 2.69 bits per heavy atom. The normalized spacial score (nSPS) is 10.5. The molecule has 0 aliphatic heterocycles. The summed E-state index contributed by atoms with van der Waals surface area (Å²) in [6.07, 6.45) is 1.69. The van der Waals surface area contributed by atoms with E-state index < -0.39 is 0 Å². The lowest BCUT2D eigenvalue weighted by atomic mass is 10.5. The molecule has 0 aliphatic rings. The topological polar surface area (TPSA) is 81.6 Å². The van der Waals surface area contributed by atoms with E-state index in [1.54, 1.807) is 23.9 Å². The molecule has 2 rings (SSSR count). The summed E-state index contributed by atoms with van der Waals surface area (Å²) < 4.78 is 1.59. The highest BCUT2D eigenvalue weighted by Crippen LogP contribution is 2.16. The number of halogens is 1. The molecule has 0 fully saturated rings. The van der Waals surface area contributed by atoms with Gasteiger partial charge in [0.15, 0.2) is 5.82 Å². The quantitative estimate of drug-likeness (QED) is 0.607. The minimum atomic E-state index is 0.534. The molecule has 7 heteroatoms. The summed E-state index contributed by atoms with van der Waals surface area (Å²) in [6.45, 7) is 3.61. The maximum absolute atomic E-state index is 5.93. The lowest BCUT2D eigenvalue weighted by molar-refractivity contribution is 0.816. The minimum absolute atomic E-state index is 0.534. The lowest BCUT2D eigenvalue weighted by Crippen LogP contribution is -2.11. The Hall–Kier alpha value is -1.66. The fraction of sp³-hybridized carbons (Fsp3) is 0.222. The van der Waals surface area contributed by atoms with Gasteiger partial charge in [0.2, 0.25) is 0 Å². The Kier molecular flexibility index (Phi) is 2.76. The van der Waals surface area contributed by atoms with Crippen molar-refractivity contribution in [2.45, 2.75) is 13.8 Å². The number of hydrogen-bond acceptors (Lipinski definition) is 5. The Morgan fingerprint density at radius 2 is 2.12 bits per heavy atom. The zero-order valence-corrected chi connectivity index (χ0v) is 9.65. The van der Waals surface area contributed by atoms with Gasteiger partial charge in [-0.15, -0.1) is 0 Å². The van der Waals surface area contributed by atoms with E-state index in [1.165, 1.54) is 0 Å². The average Bonchev–Trinajstić information content (AvgIpc) is 2.58. The van der Waals surface area contributed by atoms with Crippen LogP contribution in [-0.2, 0) is 0 Å². The van der Waals surface area contributed by atoms with Gasteiger partial charge in [0.25, 0.3) is 0 Å². The molecule has 0 saturated carbocycles. The minimum Gasteiger partial charge on any atom is -0.308 e. The van der Waals surface area contributed by atoms with Crippen molar-refractivity contribution in [1.82, 2.24) is 19.7 Å². The number of hydrogen-bond donors (Lipinski definition) is 2. The number of nitrogens with one attached hydrogen (secondary N) is 1. The van der Waals surface area contributed by atoms with Crippen molar-refractivity contribution in [2.75, 3.05) is 5.43 Å². The number of nitrogen functional groups attached to an aromatic ring is 1. The standard InChI is InChI=1S/C9H11ClN6/c1-5-7(10)4-16(15-5)9-3-8(14-11)12-6(2)13-9/h3-4H,11H2,1-2H3,(H,12,13,14). The maximum Gasteiger partial charge on any atom is 0.159 e. The molecule has 0 atom stereocenters. The van der Waals surface area contributed by atoms with E-state index in [0.717, 1.165) is 5.69 Å². The van der Waals surface area contributed by atoms with Gasteiger partial charge in [0, 0.05) is 6.07 Å². The van der Waals surface area contributed by atoms with Crippen molar-refractivity contribution in [2.24, 2.45) is 5.84 Å². The smallest absolute Gasteiger partial charge is 0.159 e. The van der Waals surface area contributed by atoms with Crippen molar-refractivity contribution >= 4 is 17.4 Å². The molecule has 0 unspecified atom stereocenters. The van der Waals surface area contributed by atoms with Crippen LogP contribution in [0.2, 0.25) is 5.02 Å². The Labute approximate surface area is 97.4 Å². The Balaban J connectivity index is 2.50. The fourth-order valence-electron chi connectivity index (χ4n) is 1.30. The molecular weight excluding hydrogens is 228 g/mol. The van der Waals surface area contributed by atoms with Crippen LogP contribution in [0.1, 0.15) is 11.5 Å². The van der Waals surface area contributed by atoms with Gasteiger partial charge in [-0.05, 0) is 13.8 Å². The van der Waals surface area contributed by atoms with Crippen molar-refractivity contribution in [3.63, 3.8) is 0 Å². The van der Waals surface area contributed by atoms with Gasteiger partial charge in [-0.25, -0.2) is 20.5 Å². The van der Waals surface area contributed by atoms with E-state index in [4.69, 9.17) is 17.4 Å². The van der Waals surface area contributed by atoms with Gasteiger partial charge < -0.3 is 5.43 Å². The number of nitrogens with zero attached hydrogens (tertiary/aromatic N) is 4. The van der Waals surface area contributed by atoms with E-state index in [-0.39, 0.29) is 0 Å². The predicted molar refractivity (Wildman–Crippen MR) is 61.4 cm³/mol. The zero-order valence-electron chi connectivity index (χ0n) is 8.90. The highest BCUT2D eigenvalue weighted by Gasteiger charge is 2.07. The average molecular weight is 239 g/mol. The molecule has 0 spiro atoms. The van der Waals surface area contributed by atoms with E-state index >= 15 is 0 Å². The maximum atomic E-state index is 5.93. The second-order valence-electron chi connectivity index (χ2n) is 3.31.